The summed E-state index contributed by atoms with van der Waals surface area (Å²) in [4.78, 5) is 0. The summed E-state index contributed by atoms with van der Waals surface area (Å²) in [5.74, 6) is 0. The molecule has 2 aliphatic rings. The summed E-state index contributed by atoms with van der Waals surface area (Å²) in [6.07, 6.45) is 8.90. The highest BCUT2D eigenvalue weighted by Crippen LogP contribution is 2.39. The lowest BCUT2D eigenvalue weighted by Crippen LogP contribution is -2.48. The number of ether oxygens (including phenoxy) is 1. The number of rotatable bonds is 3. The van der Waals surface area contributed by atoms with Gasteiger partial charge in [-0.1, -0.05) is 53.4 Å². The van der Waals surface area contributed by atoms with Crippen LogP contribution >= 0.6 is 15.9 Å². The molecule has 116 valence electrons. The predicted molar refractivity (Wildman–Crippen MR) is 90.5 cm³/mol. The number of halogens is 1. The van der Waals surface area contributed by atoms with Gasteiger partial charge in [0.2, 0.25) is 0 Å². The molecule has 0 bridgehead atoms. The summed E-state index contributed by atoms with van der Waals surface area (Å²) in [6, 6.07) is 9.48. The van der Waals surface area contributed by atoms with Gasteiger partial charge in [-0.3, -0.25) is 0 Å². The molecule has 1 spiro atoms. The van der Waals surface area contributed by atoms with Gasteiger partial charge in [0.15, 0.2) is 0 Å². The molecule has 0 aromatic heterocycles. The first-order chi connectivity index (χ1) is 10.2. The Morgan fingerprint density at radius 1 is 1.24 bits per heavy atom. The van der Waals surface area contributed by atoms with Crippen molar-refractivity contribution in [2.45, 2.75) is 69.6 Å². The van der Waals surface area contributed by atoms with Gasteiger partial charge in [0.1, 0.15) is 0 Å². The number of benzene rings is 1. The Balaban J connectivity index is 1.63. The third-order valence-corrected chi connectivity index (χ3v) is 5.84. The van der Waals surface area contributed by atoms with Gasteiger partial charge in [-0.2, -0.15) is 0 Å². The van der Waals surface area contributed by atoms with Crippen molar-refractivity contribution in [1.82, 2.24) is 5.32 Å². The van der Waals surface area contributed by atoms with Gasteiger partial charge in [0, 0.05) is 23.2 Å². The van der Waals surface area contributed by atoms with Crippen LogP contribution in [-0.2, 0) is 4.74 Å². The predicted octanol–water partition coefficient (Wildman–Crippen LogP) is 4.98. The lowest BCUT2D eigenvalue weighted by molar-refractivity contribution is -0.110. The molecule has 21 heavy (non-hydrogen) atoms. The maximum atomic E-state index is 6.20. The van der Waals surface area contributed by atoms with Crippen molar-refractivity contribution in [3.05, 3.63) is 34.3 Å². The zero-order valence-corrected chi connectivity index (χ0v) is 14.5. The van der Waals surface area contributed by atoms with Crippen LogP contribution in [0.1, 0.15) is 63.5 Å². The van der Waals surface area contributed by atoms with Crippen molar-refractivity contribution in [3.8, 4) is 0 Å². The number of hydrogen-bond donors (Lipinski definition) is 1. The second-order valence-corrected chi connectivity index (χ2v) is 7.55. The quantitative estimate of drug-likeness (QED) is 0.828. The van der Waals surface area contributed by atoms with Gasteiger partial charge < -0.3 is 10.1 Å². The Hall–Kier alpha value is -0.380. The minimum absolute atomic E-state index is 0.182. The van der Waals surface area contributed by atoms with Gasteiger partial charge in [-0.25, -0.2) is 0 Å². The Labute approximate surface area is 136 Å². The second kappa shape index (κ2) is 6.80. The van der Waals surface area contributed by atoms with Crippen LogP contribution in [0.3, 0.4) is 0 Å². The van der Waals surface area contributed by atoms with E-state index in [-0.39, 0.29) is 5.60 Å². The molecule has 1 aliphatic carbocycles. The molecule has 3 rings (SSSR count). The fraction of sp³-hybridized carbons (Fsp3) is 0.667. The van der Waals surface area contributed by atoms with Crippen molar-refractivity contribution >= 4 is 15.9 Å². The molecule has 0 amide bonds. The average molecular weight is 352 g/mol. The summed E-state index contributed by atoms with van der Waals surface area (Å²) in [5, 5.41) is 3.84. The maximum Gasteiger partial charge on any atom is 0.0697 e. The molecule has 1 N–H and O–H groups in total. The monoisotopic (exact) mass is 351 g/mol. The van der Waals surface area contributed by atoms with Crippen molar-refractivity contribution < 1.29 is 4.74 Å². The smallest absolute Gasteiger partial charge is 0.0697 e. The molecule has 1 saturated heterocycles. The molecule has 1 saturated carbocycles. The first-order valence-electron chi connectivity index (χ1n) is 8.33. The zero-order chi connectivity index (χ0) is 14.7. The molecular formula is C18H26BrNO. The number of nitrogens with one attached hydrogen (secondary N) is 1. The van der Waals surface area contributed by atoms with Crippen molar-refractivity contribution in [2.24, 2.45) is 0 Å². The van der Waals surface area contributed by atoms with Gasteiger partial charge in [0.25, 0.3) is 0 Å². The molecular weight excluding hydrogens is 326 g/mol. The summed E-state index contributed by atoms with van der Waals surface area (Å²) in [7, 11) is 0. The normalized spacial score (nSPS) is 26.7. The van der Waals surface area contributed by atoms with Crippen LogP contribution in [0.15, 0.2) is 28.7 Å². The van der Waals surface area contributed by atoms with Crippen LogP contribution in [0.2, 0.25) is 0 Å². The lowest BCUT2D eigenvalue weighted by Gasteiger charge is -2.44. The van der Waals surface area contributed by atoms with Gasteiger partial charge in [0.05, 0.1) is 5.60 Å². The molecule has 2 fully saturated rings. The first-order valence-corrected chi connectivity index (χ1v) is 9.12. The minimum atomic E-state index is 0.182. The van der Waals surface area contributed by atoms with E-state index in [1.54, 1.807) is 0 Å². The van der Waals surface area contributed by atoms with Crippen LogP contribution in [0.4, 0.5) is 0 Å². The first kappa shape index (κ1) is 15.5. The van der Waals surface area contributed by atoms with Crippen LogP contribution in [-0.4, -0.2) is 18.2 Å². The van der Waals surface area contributed by atoms with Crippen molar-refractivity contribution in [1.29, 1.82) is 0 Å². The maximum absolute atomic E-state index is 6.20. The summed E-state index contributed by atoms with van der Waals surface area (Å²) < 4.78 is 7.40. The molecule has 1 aromatic rings. The molecule has 2 nitrogen and oxygen atoms in total. The number of hydrogen-bond acceptors (Lipinski definition) is 2. The third kappa shape index (κ3) is 3.69. The third-order valence-electron chi connectivity index (χ3n) is 5.12. The lowest BCUT2D eigenvalue weighted by atomic mass is 9.78. The van der Waals surface area contributed by atoms with Crippen molar-refractivity contribution in [3.63, 3.8) is 0 Å². The molecule has 0 radical (unpaired) electrons. The van der Waals surface area contributed by atoms with E-state index in [1.807, 2.05) is 0 Å². The average Bonchev–Trinajstić information content (AvgIpc) is 2.48. The fourth-order valence-electron chi connectivity index (χ4n) is 3.98. The summed E-state index contributed by atoms with van der Waals surface area (Å²) >= 11 is 3.67. The van der Waals surface area contributed by atoms with Gasteiger partial charge >= 0.3 is 0 Å². The van der Waals surface area contributed by atoms with Crippen LogP contribution in [0.5, 0.6) is 0 Å². The molecule has 1 unspecified atom stereocenters. The SMILES string of the molecule is C[C@@H](NC1CCOC2(CCCCC2)C1)c1ccccc1Br. The van der Waals surface area contributed by atoms with E-state index in [1.165, 1.54) is 48.6 Å². The fourth-order valence-corrected chi connectivity index (χ4v) is 4.61. The second-order valence-electron chi connectivity index (χ2n) is 6.69. The van der Waals surface area contributed by atoms with E-state index >= 15 is 0 Å². The molecule has 1 aliphatic heterocycles. The van der Waals surface area contributed by atoms with E-state index in [0.29, 0.717) is 12.1 Å². The van der Waals surface area contributed by atoms with Crippen molar-refractivity contribution in [2.75, 3.05) is 6.61 Å². The highest BCUT2D eigenvalue weighted by Gasteiger charge is 2.38. The molecule has 1 heterocycles. The Bertz CT molecular complexity index is 465. The Morgan fingerprint density at radius 3 is 2.76 bits per heavy atom. The molecule has 3 heteroatoms. The Kier molecular flexibility index (Phi) is 5.03. The highest BCUT2D eigenvalue weighted by molar-refractivity contribution is 9.10. The van der Waals surface area contributed by atoms with Gasteiger partial charge in [-0.05, 0) is 44.2 Å². The van der Waals surface area contributed by atoms with Crippen LogP contribution < -0.4 is 5.32 Å². The largest absolute Gasteiger partial charge is 0.375 e. The molecule has 1 aromatic carbocycles. The van der Waals surface area contributed by atoms with E-state index in [2.05, 4.69) is 52.4 Å². The zero-order valence-electron chi connectivity index (χ0n) is 12.9. The van der Waals surface area contributed by atoms with E-state index in [0.717, 1.165) is 13.0 Å². The standard InChI is InChI=1S/C18H26BrNO/c1-14(16-7-3-4-8-17(16)19)20-15-9-12-21-18(13-15)10-5-2-6-11-18/h3-4,7-8,14-15,20H,2,5-6,9-13H2,1H3/t14-,15?/m1/s1. The van der Waals surface area contributed by atoms with E-state index in [4.69, 9.17) is 4.74 Å². The molecule has 2 atom stereocenters. The van der Waals surface area contributed by atoms with E-state index < -0.39 is 0 Å². The topological polar surface area (TPSA) is 21.3 Å². The summed E-state index contributed by atoms with van der Waals surface area (Å²) in [5.41, 5.74) is 1.53. The van der Waals surface area contributed by atoms with Gasteiger partial charge in [-0.15, -0.1) is 0 Å². The highest BCUT2D eigenvalue weighted by atomic mass is 79.9. The van der Waals surface area contributed by atoms with E-state index in [9.17, 15) is 0 Å². The summed E-state index contributed by atoms with van der Waals surface area (Å²) in [6.45, 7) is 3.18. The van der Waals surface area contributed by atoms with Crippen LogP contribution in [0.25, 0.3) is 0 Å². The minimum Gasteiger partial charge on any atom is -0.375 e. The van der Waals surface area contributed by atoms with Crippen LogP contribution in [0, 0.1) is 0 Å². The Morgan fingerprint density at radius 2 is 2.00 bits per heavy atom.